The monoisotopic (exact) mass is 293 g/mol. The smallest absolute Gasteiger partial charge is 0.221 e. The van der Waals surface area contributed by atoms with Crippen LogP contribution in [0.2, 0.25) is 0 Å². The second-order valence-electron chi connectivity index (χ2n) is 5.44. The molecule has 6 nitrogen and oxygen atoms in total. The number of anilines is 2. The SMILES string of the molecule is CCc1nc(NC)c(C)c(NCCC(=O)NCC(C)C)n1. The Labute approximate surface area is 127 Å². The van der Waals surface area contributed by atoms with Crippen LogP contribution in [0.15, 0.2) is 0 Å². The summed E-state index contributed by atoms with van der Waals surface area (Å²) in [5.74, 6) is 2.94. The van der Waals surface area contributed by atoms with Crippen molar-refractivity contribution >= 4 is 17.5 Å². The van der Waals surface area contributed by atoms with E-state index in [2.05, 4.69) is 39.8 Å². The van der Waals surface area contributed by atoms with Crippen molar-refractivity contribution in [2.45, 2.75) is 40.5 Å². The fourth-order valence-corrected chi connectivity index (χ4v) is 1.84. The molecule has 118 valence electrons. The van der Waals surface area contributed by atoms with Gasteiger partial charge in [0.1, 0.15) is 17.5 Å². The Bertz CT molecular complexity index is 473. The lowest BCUT2D eigenvalue weighted by Gasteiger charge is -2.13. The van der Waals surface area contributed by atoms with E-state index in [1.165, 1.54) is 0 Å². The molecule has 1 amide bonds. The van der Waals surface area contributed by atoms with E-state index in [9.17, 15) is 4.79 Å². The maximum absolute atomic E-state index is 11.7. The summed E-state index contributed by atoms with van der Waals surface area (Å²) in [4.78, 5) is 20.6. The average molecular weight is 293 g/mol. The van der Waals surface area contributed by atoms with Gasteiger partial charge in [-0.05, 0) is 12.8 Å². The van der Waals surface area contributed by atoms with Crippen LogP contribution in [0.3, 0.4) is 0 Å². The third kappa shape index (κ3) is 5.57. The van der Waals surface area contributed by atoms with Crippen molar-refractivity contribution in [3.05, 3.63) is 11.4 Å². The van der Waals surface area contributed by atoms with Crippen molar-refractivity contribution in [3.8, 4) is 0 Å². The Morgan fingerprint density at radius 3 is 2.48 bits per heavy atom. The molecule has 0 bridgehead atoms. The van der Waals surface area contributed by atoms with Crippen molar-refractivity contribution in [1.29, 1.82) is 0 Å². The number of carbonyl (C=O) groups is 1. The first-order valence-corrected chi connectivity index (χ1v) is 7.53. The van der Waals surface area contributed by atoms with Crippen LogP contribution in [0.5, 0.6) is 0 Å². The first-order valence-electron chi connectivity index (χ1n) is 7.53. The Morgan fingerprint density at radius 1 is 1.24 bits per heavy atom. The van der Waals surface area contributed by atoms with Gasteiger partial charge in [0.05, 0.1) is 0 Å². The number of rotatable bonds is 8. The molecule has 1 aromatic heterocycles. The second-order valence-corrected chi connectivity index (χ2v) is 5.44. The summed E-state index contributed by atoms with van der Waals surface area (Å²) in [6.45, 7) is 9.42. The highest BCUT2D eigenvalue weighted by Gasteiger charge is 2.09. The van der Waals surface area contributed by atoms with Gasteiger partial charge in [-0.25, -0.2) is 9.97 Å². The van der Waals surface area contributed by atoms with Crippen LogP contribution in [-0.4, -0.2) is 36.0 Å². The largest absolute Gasteiger partial charge is 0.373 e. The molecule has 0 aliphatic rings. The van der Waals surface area contributed by atoms with Gasteiger partial charge < -0.3 is 16.0 Å². The molecule has 0 atom stereocenters. The minimum Gasteiger partial charge on any atom is -0.373 e. The summed E-state index contributed by atoms with van der Waals surface area (Å²) in [6, 6.07) is 0. The van der Waals surface area contributed by atoms with Crippen LogP contribution in [0.25, 0.3) is 0 Å². The summed E-state index contributed by atoms with van der Waals surface area (Å²) < 4.78 is 0. The zero-order chi connectivity index (χ0) is 15.8. The molecule has 1 aromatic rings. The van der Waals surface area contributed by atoms with Gasteiger partial charge in [-0.3, -0.25) is 4.79 Å². The normalized spacial score (nSPS) is 10.6. The molecule has 21 heavy (non-hydrogen) atoms. The van der Waals surface area contributed by atoms with E-state index in [0.717, 1.165) is 36.0 Å². The highest BCUT2D eigenvalue weighted by atomic mass is 16.1. The Balaban J connectivity index is 2.57. The molecule has 0 aromatic carbocycles. The van der Waals surface area contributed by atoms with Crippen LogP contribution in [-0.2, 0) is 11.2 Å². The third-order valence-corrected chi connectivity index (χ3v) is 3.10. The van der Waals surface area contributed by atoms with Gasteiger partial charge in [0, 0.05) is 38.5 Å². The lowest BCUT2D eigenvalue weighted by atomic mass is 10.2. The Morgan fingerprint density at radius 2 is 1.90 bits per heavy atom. The summed E-state index contributed by atoms with van der Waals surface area (Å²) in [5.41, 5.74) is 0.970. The van der Waals surface area contributed by atoms with Crippen molar-refractivity contribution in [1.82, 2.24) is 15.3 Å². The fraction of sp³-hybridized carbons (Fsp3) is 0.667. The minimum absolute atomic E-state index is 0.0625. The first kappa shape index (κ1) is 17.2. The van der Waals surface area contributed by atoms with E-state index >= 15 is 0 Å². The summed E-state index contributed by atoms with van der Waals surface area (Å²) in [5, 5.41) is 9.20. The van der Waals surface area contributed by atoms with Gasteiger partial charge in [-0.15, -0.1) is 0 Å². The van der Waals surface area contributed by atoms with Gasteiger partial charge in [-0.2, -0.15) is 0 Å². The molecule has 1 rings (SSSR count). The second kappa shape index (κ2) is 8.44. The van der Waals surface area contributed by atoms with Crippen LogP contribution in [0.1, 0.15) is 38.6 Å². The molecule has 0 fully saturated rings. The Hall–Kier alpha value is -1.85. The van der Waals surface area contributed by atoms with Gasteiger partial charge >= 0.3 is 0 Å². The third-order valence-electron chi connectivity index (χ3n) is 3.10. The van der Waals surface area contributed by atoms with E-state index in [4.69, 9.17) is 0 Å². The predicted octanol–water partition coefficient (Wildman–Crippen LogP) is 1.96. The standard InChI is InChI=1S/C15H27N5O/c1-6-12-19-14(16-5)11(4)15(20-12)17-8-7-13(21)18-9-10(2)3/h10H,6-9H2,1-5H3,(H,18,21)(H2,16,17,19,20). The number of aryl methyl sites for hydroxylation is 1. The van der Waals surface area contributed by atoms with Crippen molar-refractivity contribution < 1.29 is 4.79 Å². The predicted molar refractivity (Wildman–Crippen MR) is 86.6 cm³/mol. The molecule has 1 heterocycles. The van der Waals surface area contributed by atoms with E-state index in [1.807, 2.05) is 20.9 Å². The van der Waals surface area contributed by atoms with Crippen LogP contribution in [0, 0.1) is 12.8 Å². The molecule has 0 spiro atoms. The molecule has 0 saturated heterocycles. The number of hydrogen-bond acceptors (Lipinski definition) is 5. The highest BCUT2D eigenvalue weighted by molar-refractivity contribution is 5.76. The van der Waals surface area contributed by atoms with E-state index in [-0.39, 0.29) is 5.91 Å². The lowest BCUT2D eigenvalue weighted by molar-refractivity contribution is -0.120. The minimum atomic E-state index is 0.0625. The summed E-state index contributed by atoms with van der Waals surface area (Å²) in [7, 11) is 1.85. The molecule has 0 aliphatic carbocycles. The molecular formula is C15H27N5O. The zero-order valence-electron chi connectivity index (χ0n) is 13.7. The molecule has 3 N–H and O–H groups in total. The van der Waals surface area contributed by atoms with E-state index in [0.29, 0.717) is 18.9 Å². The number of hydrogen-bond donors (Lipinski definition) is 3. The lowest BCUT2D eigenvalue weighted by Crippen LogP contribution is -2.28. The maximum atomic E-state index is 11.7. The number of amides is 1. The van der Waals surface area contributed by atoms with Crippen LogP contribution >= 0.6 is 0 Å². The van der Waals surface area contributed by atoms with Crippen LogP contribution in [0.4, 0.5) is 11.6 Å². The Kier molecular flexibility index (Phi) is 6.91. The number of nitrogens with zero attached hydrogens (tertiary/aromatic N) is 2. The van der Waals surface area contributed by atoms with Gasteiger partial charge in [0.2, 0.25) is 5.91 Å². The quantitative estimate of drug-likeness (QED) is 0.683. The molecular weight excluding hydrogens is 266 g/mol. The van der Waals surface area contributed by atoms with Crippen molar-refractivity contribution in [2.75, 3.05) is 30.8 Å². The van der Waals surface area contributed by atoms with Gasteiger partial charge in [0.15, 0.2) is 0 Å². The molecule has 0 unspecified atom stereocenters. The molecule has 6 heteroatoms. The molecule has 0 aliphatic heterocycles. The van der Waals surface area contributed by atoms with E-state index < -0.39 is 0 Å². The topological polar surface area (TPSA) is 78.9 Å². The van der Waals surface area contributed by atoms with Crippen LogP contribution < -0.4 is 16.0 Å². The molecule has 0 saturated carbocycles. The number of nitrogens with one attached hydrogen (secondary N) is 3. The van der Waals surface area contributed by atoms with Gasteiger partial charge in [0.25, 0.3) is 0 Å². The fourth-order valence-electron chi connectivity index (χ4n) is 1.84. The zero-order valence-corrected chi connectivity index (χ0v) is 13.7. The summed E-state index contributed by atoms with van der Waals surface area (Å²) >= 11 is 0. The maximum Gasteiger partial charge on any atom is 0.221 e. The summed E-state index contributed by atoms with van der Waals surface area (Å²) in [6.07, 6.45) is 1.21. The first-order chi connectivity index (χ1) is 9.97. The van der Waals surface area contributed by atoms with Crippen molar-refractivity contribution in [2.24, 2.45) is 5.92 Å². The van der Waals surface area contributed by atoms with Crippen molar-refractivity contribution in [3.63, 3.8) is 0 Å². The van der Waals surface area contributed by atoms with Gasteiger partial charge in [-0.1, -0.05) is 20.8 Å². The molecule has 0 radical (unpaired) electrons. The average Bonchev–Trinajstić information content (AvgIpc) is 2.46. The number of aromatic nitrogens is 2. The highest BCUT2D eigenvalue weighted by Crippen LogP contribution is 2.19. The van der Waals surface area contributed by atoms with E-state index in [1.54, 1.807) is 0 Å². The number of carbonyl (C=O) groups excluding carboxylic acids is 1.